The molecular weight excluding hydrogens is 224 g/mol. The molecule has 3 aromatic rings. The fourth-order valence-corrected chi connectivity index (χ4v) is 2.34. The van der Waals surface area contributed by atoms with Crippen LogP contribution < -0.4 is 0 Å². The minimum Gasteiger partial charge on any atom is -0.508 e. The second-order valence-corrected chi connectivity index (χ2v) is 4.49. The van der Waals surface area contributed by atoms with Crippen molar-refractivity contribution in [3.8, 4) is 17.0 Å². The maximum atomic E-state index is 9.64. The zero-order chi connectivity index (χ0) is 12.7. The van der Waals surface area contributed by atoms with Crippen LogP contribution in [0, 0.1) is 6.92 Å². The monoisotopic (exact) mass is 238 g/mol. The number of nitrogens with zero attached hydrogens (tertiary/aromatic N) is 2. The third-order valence-electron chi connectivity index (χ3n) is 3.22. The zero-order valence-electron chi connectivity index (χ0n) is 10.4. The third kappa shape index (κ3) is 1.56. The van der Waals surface area contributed by atoms with Crippen molar-refractivity contribution in [2.75, 3.05) is 0 Å². The van der Waals surface area contributed by atoms with Crippen molar-refractivity contribution in [2.45, 2.75) is 6.92 Å². The van der Waals surface area contributed by atoms with E-state index in [9.17, 15) is 5.11 Å². The molecule has 1 heterocycles. The summed E-state index contributed by atoms with van der Waals surface area (Å²) in [5.74, 6) is 0.269. The van der Waals surface area contributed by atoms with Crippen LogP contribution in [0.2, 0.25) is 0 Å². The molecule has 0 spiro atoms. The average Bonchev–Trinajstić information content (AvgIpc) is 2.66. The van der Waals surface area contributed by atoms with Gasteiger partial charge in [-0.1, -0.05) is 24.3 Å². The minimum absolute atomic E-state index is 0.269. The second kappa shape index (κ2) is 3.88. The van der Waals surface area contributed by atoms with E-state index in [0.717, 1.165) is 22.2 Å². The van der Waals surface area contributed by atoms with Crippen LogP contribution in [-0.4, -0.2) is 14.9 Å². The zero-order valence-corrected chi connectivity index (χ0v) is 10.4. The van der Waals surface area contributed by atoms with Crippen molar-refractivity contribution in [3.05, 3.63) is 48.0 Å². The summed E-state index contributed by atoms with van der Waals surface area (Å²) in [4.78, 5) is 0. The molecule has 1 aromatic heterocycles. The molecule has 18 heavy (non-hydrogen) atoms. The third-order valence-corrected chi connectivity index (χ3v) is 3.22. The summed E-state index contributed by atoms with van der Waals surface area (Å²) in [7, 11) is 1.93. The van der Waals surface area contributed by atoms with Crippen LogP contribution >= 0.6 is 0 Å². The lowest BCUT2D eigenvalue weighted by molar-refractivity contribution is 0.476. The van der Waals surface area contributed by atoms with Crippen LogP contribution in [0.3, 0.4) is 0 Å². The Kier molecular flexibility index (Phi) is 2.33. The molecule has 3 heteroatoms. The average molecular weight is 238 g/mol. The van der Waals surface area contributed by atoms with Gasteiger partial charge in [0.2, 0.25) is 0 Å². The van der Waals surface area contributed by atoms with Gasteiger partial charge in [-0.25, -0.2) is 0 Å². The maximum Gasteiger partial charge on any atom is 0.116 e. The molecule has 0 unspecified atom stereocenters. The van der Waals surface area contributed by atoms with E-state index in [4.69, 9.17) is 0 Å². The molecule has 3 rings (SSSR count). The van der Waals surface area contributed by atoms with Gasteiger partial charge in [0.05, 0.1) is 11.2 Å². The highest BCUT2D eigenvalue weighted by atomic mass is 16.3. The number of aromatic hydroxyl groups is 1. The van der Waals surface area contributed by atoms with Crippen LogP contribution in [-0.2, 0) is 7.05 Å². The summed E-state index contributed by atoms with van der Waals surface area (Å²) in [5.41, 5.74) is 4.28. The van der Waals surface area contributed by atoms with Crippen LogP contribution in [0.5, 0.6) is 5.75 Å². The molecule has 0 aliphatic heterocycles. The maximum absolute atomic E-state index is 9.64. The fraction of sp³-hybridized carbons (Fsp3) is 0.133. The van der Waals surface area contributed by atoms with Crippen molar-refractivity contribution < 1.29 is 5.11 Å². The highest BCUT2D eigenvalue weighted by Crippen LogP contribution is 2.32. The van der Waals surface area contributed by atoms with Gasteiger partial charge in [-0.2, -0.15) is 5.10 Å². The first-order chi connectivity index (χ1) is 8.66. The van der Waals surface area contributed by atoms with Gasteiger partial charge >= 0.3 is 0 Å². The first-order valence-electron chi connectivity index (χ1n) is 5.88. The highest BCUT2D eigenvalue weighted by molar-refractivity contribution is 5.94. The van der Waals surface area contributed by atoms with Gasteiger partial charge in [-0.15, -0.1) is 0 Å². The summed E-state index contributed by atoms with van der Waals surface area (Å²) >= 11 is 0. The van der Waals surface area contributed by atoms with E-state index < -0.39 is 0 Å². The van der Waals surface area contributed by atoms with E-state index in [1.54, 1.807) is 12.1 Å². The summed E-state index contributed by atoms with van der Waals surface area (Å²) in [5, 5.41) is 15.1. The lowest BCUT2D eigenvalue weighted by Gasteiger charge is -2.06. The molecule has 0 bridgehead atoms. The van der Waals surface area contributed by atoms with Crippen LogP contribution in [0.15, 0.2) is 42.5 Å². The lowest BCUT2D eigenvalue weighted by Crippen LogP contribution is -1.94. The van der Waals surface area contributed by atoms with Crippen molar-refractivity contribution in [1.29, 1.82) is 0 Å². The molecule has 0 aliphatic carbocycles. The van der Waals surface area contributed by atoms with E-state index in [1.165, 1.54) is 5.56 Å². The second-order valence-electron chi connectivity index (χ2n) is 4.49. The van der Waals surface area contributed by atoms with Gasteiger partial charge in [0.1, 0.15) is 5.75 Å². The Morgan fingerprint density at radius 1 is 1.11 bits per heavy atom. The Morgan fingerprint density at radius 3 is 2.67 bits per heavy atom. The lowest BCUT2D eigenvalue weighted by atomic mass is 10.0. The van der Waals surface area contributed by atoms with Gasteiger partial charge in [0.15, 0.2) is 0 Å². The van der Waals surface area contributed by atoms with E-state index in [2.05, 4.69) is 24.2 Å². The highest BCUT2D eigenvalue weighted by Gasteiger charge is 2.12. The summed E-state index contributed by atoms with van der Waals surface area (Å²) in [6.07, 6.45) is 0. The van der Waals surface area contributed by atoms with E-state index >= 15 is 0 Å². The predicted octanol–water partition coefficient (Wildman–Crippen LogP) is 3.25. The van der Waals surface area contributed by atoms with Gasteiger partial charge in [0.25, 0.3) is 0 Å². The number of phenols is 1. The fourth-order valence-electron chi connectivity index (χ4n) is 2.34. The quantitative estimate of drug-likeness (QED) is 0.706. The first-order valence-corrected chi connectivity index (χ1v) is 5.88. The van der Waals surface area contributed by atoms with Crippen LogP contribution in [0.1, 0.15) is 5.56 Å². The van der Waals surface area contributed by atoms with Crippen molar-refractivity contribution in [2.24, 2.45) is 7.05 Å². The van der Waals surface area contributed by atoms with Crippen molar-refractivity contribution >= 4 is 10.9 Å². The van der Waals surface area contributed by atoms with Crippen molar-refractivity contribution in [3.63, 3.8) is 0 Å². The number of aryl methyl sites for hydroxylation is 2. The number of hydrogen-bond acceptors (Lipinski definition) is 2. The number of fused-ring (bicyclic) bond motifs is 1. The Hall–Kier alpha value is -2.29. The molecule has 0 saturated heterocycles. The Bertz CT molecular complexity index is 728. The summed E-state index contributed by atoms with van der Waals surface area (Å²) in [6.45, 7) is 2.08. The Labute approximate surface area is 105 Å². The van der Waals surface area contributed by atoms with Crippen LogP contribution in [0.25, 0.3) is 22.2 Å². The number of phenolic OH excluding ortho intramolecular Hbond substituents is 1. The molecule has 0 amide bonds. The van der Waals surface area contributed by atoms with Gasteiger partial charge in [-0.3, -0.25) is 4.68 Å². The molecule has 90 valence electrons. The molecule has 2 aromatic carbocycles. The topological polar surface area (TPSA) is 38.1 Å². The molecule has 0 aliphatic rings. The standard InChI is InChI=1S/C15H14N2O/c1-10-5-3-4-6-12(10)15-13-9-11(18)7-8-14(13)16-17(15)2/h3-9,18H,1-2H3. The molecule has 0 atom stereocenters. The van der Waals surface area contributed by atoms with E-state index in [0.29, 0.717) is 0 Å². The molecule has 3 nitrogen and oxygen atoms in total. The van der Waals surface area contributed by atoms with Gasteiger partial charge < -0.3 is 5.11 Å². The molecular formula is C15H14N2O. The Balaban J connectivity index is 2.38. The molecule has 0 radical (unpaired) electrons. The summed E-state index contributed by atoms with van der Waals surface area (Å²) in [6, 6.07) is 13.5. The normalized spacial score (nSPS) is 11.0. The minimum atomic E-state index is 0.269. The SMILES string of the molecule is Cc1ccccc1-c1c2cc(O)ccc2nn1C. The Morgan fingerprint density at radius 2 is 1.89 bits per heavy atom. The largest absolute Gasteiger partial charge is 0.508 e. The van der Waals surface area contributed by atoms with Crippen molar-refractivity contribution in [1.82, 2.24) is 9.78 Å². The first kappa shape index (κ1) is 10.8. The number of hydrogen-bond donors (Lipinski definition) is 1. The van der Waals surface area contributed by atoms with Gasteiger partial charge in [0, 0.05) is 18.0 Å². The smallest absolute Gasteiger partial charge is 0.116 e. The number of benzene rings is 2. The van der Waals surface area contributed by atoms with E-state index in [-0.39, 0.29) is 5.75 Å². The summed E-state index contributed by atoms with van der Waals surface area (Å²) < 4.78 is 1.87. The molecule has 0 saturated carbocycles. The number of aromatic nitrogens is 2. The predicted molar refractivity (Wildman–Crippen MR) is 72.6 cm³/mol. The molecule has 1 N–H and O–H groups in total. The van der Waals surface area contributed by atoms with Crippen LogP contribution in [0.4, 0.5) is 0 Å². The van der Waals surface area contributed by atoms with E-state index in [1.807, 2.05) is 29.9 Å². The number of rotatable bonds is 1. The molecule has 0 fully saturated rings. The van der Waals surface area contributed by atoms with Gasteiger partial charge in [-0.05, 0) is 30.7 Å².